The van der Waals surface area contributed by atoms with Crippen molar-refractivity contribution in [3.63, 3.8) is 0 Å². The van der Waals surface area contributed by atoms with Gasteiger partial charge in [-0.25, -0.2) is 0 Å². The summed E-state index contributed by atoms with van der Waals surface area (Å²) >= 11 is 9.18. The van der Waals surface area contributed by atoms with E-state index >= 15 is 0 Å². The SMILES string of the molecule is O=C(COc1ccc(Br)cc1CS(=O)(=O)O)N1CCN(CCc2ccc(Cl)cc2)CC1. The Labute approximate surface area is 195 Å². The number of ether oxygens (including phenoxy) is 1. The summed E-state index contributed by atoms with van der Waals surface area (Å²) in [5.74, 6) is -0.476. The molecule has 0 bridgehead atoms. The smallest absolute Gasteiger partial charge is 0.269 e. The number of hydrogen-bond acceptors (Lipinski definition) is 5. The minimum Gasteiger partial charge on any atom is -0.483 e. The minimum atomic E-state index is -4.22. The van der Waals surface area contributed by atoms with Crippen LogP contribution in [0.25, 0.3) is 0 Å². The van der Waals surface area contributed by atoms with Crippen molar-refractivity contribution in [2.24, 2.45) is 0 Å². The van der Waals surface area contributed by atoms with Crippen molar-refractivity contribution in [2.45, 2.75) is 12.2 Å². The van der Waals surface area contributed by atoms with Gasteiger partial charge in [0.1, 0.15) is 11.5 Å². The number of carbonyl (C=O) groups is 1. The van der Waals surface area contributed by atoms with Crippen LogP contribution >= 0.6 is 27.5 Å². The highest BCUT2D eigenvalue weighted by atomic mass is 79.9. The summed E-state index contributed by atoms with van der Waals surface area (Å²) in [4.78, 5) is 16.6. The average Bonchev–Trinajstić information content (AvgIpc) is 2.72. The molecule has 2 aromatic carbocycles. The number of carbonyl (C=O) groups excluding carboxylic acids is 1. The van der Waals surface area contributed by atoms with Gasteiger partial charge in [-0.05, 0) is 42.3 Å². The van der Waals surface area contributed by atoms with E-state index in [2.05, 4.69) is 20.8 Å². The Balaban J connectivity index is 1.46. The third-order valence-electron chi connectivity index (χ3n) is 5.07. The van der Waals surface area contributed by atoms with E-state index in [9.17, 15) is 13.2 Å². The van der Waals surface area contributed by atoms with Crippen molar-refractivity contribution in [2.75, 3.05) is 39.3 Å². The zero-order valence-electron chi connectivity index (χ0n) is 16.8. The monoisotopic (exact) mass is 530 g/mol. The molecule has 31 heavy (non-hydrogen) atoms. The summed E-state index contributed by atoms with van der Waals surface area (Å²) in [6.07, 6.45) is 0.925. The molecule has 0 spiro atoms. The van der Waals surface area contributed by atoms with Crippen LogP contribution in [0.5, 0.6) is 5.75 Å². The molecular weight excluding hydrogens is 508 g/mol. The molecule has 0 saturated carbocycles. The van der Waals surface area contributed by atoms with E-state index in [0.717, 1.165) is 31.1 Å². The first-order valence-electron chi connectivity index (χ1n) is 9.80. The molecule has 0 aromatic heterocycles. The Morgan fingerprint density at radius 2 is 1.77 bits per heavy atom. The first kappa shape index (κ1) is 24.0. The van der Waals surface area contributed by atoms with Crippen LogP contribution in [0.4, 0.5) is 0 Å². The van der Waals surface area contributed by atoms with Crippen molar-refractivity contribution < 1.29 is 22.5 Å². The van der Waals surface area contributed by atoms with Gasteiger partial charge in [-0.1, -0.05) is 39.7 Å². The summed E-state index contributed by atoms with van der Waals surface area (Å²) < 4.78 is 37.8. The molecule has 3 rings (SSSR count). The quantitative estimate of drug-likeness (QED) is 0.526. The van der Waals surface area contributed by atoms with Gasteiger partial charge in [0.05, 0.1) is 0 Å². The highest BCUT2D eigenvalue weighted by molar-refractivity contribution is 9.10. The minimum absolute atomic E-state index is 0.155. The third-order valence-corrected chi connectivity index (χ3v) is 6.49. The Bertz CT molecular complexity index is 1010. The fourth-order valence-electron chi connectivity index (χ4n) is 3.39. The molecule has 0 aliphatic carbocycles. The summed E-state index contributed by atoms with van der Waals surface area (Å²) in [6.45, 7) is 3.52. The van der Waals surface area contributed by atoms with E-state index in [-0.39, 0.29) is 23.8 Å². The lowest BCUT2D eigenvalue weighted by molar-refractivity contribution is -0.135. The number of hydrogen-bond donors (Lipinski definition) is 1. The molecular formula is C21H24BrClN2O5S. The topological polar surface area (TPSA) is 87.1 Å². The molecule has 1 aliphatic heterocycles. The number of piperazine rings is 1. The lowest BCUT2D eigenvalue weighted by Gasteiger charge is -2.34. The second kappa shape index (κ2) is 10.8. The zero-order valence-corrected chi connectivity index (χ0v) is 20.0. The summed E-state index contributed by atoms with van der Waals surface area (Å²) in [5.41, 5.74) is 1.52. The Morgan fingerprint density at radius 3 is 2.42 bits per heavy atom. The van der Waals surface area contributed by atoms with E-state index < -0.39 is 15.9 Å². The predicted molar refractivity (Wildman–Crippen MR) is 123 cm³/mol. The van der Waals surface area contributed by atoms with E-state index in [0.29, 0.717) is 17.6 Å². The highest BCUT2D eigenvalue weighted by Gasteiger charge is 2.22. The van der Waals surface area contributed by atoms with E-state index in [1.165, 1.54) is 5.56 Å². The van der Waals surface area contributed by atoms with Gasteiger partial charge in [-0.2, -0.15) is 8.42 Å². The molecule has 1 fully saturated rings. The molecule has 7 nitrogen and oxygen atoms in total. The fraction of sp³-hybridized carbons (Fsp3) is 0.381. The van der Waals surface area contributed by atoms with Crippen LogP contribution in [0.1, 0.15) is 11.1 Å². The second-order valence-electron chi connectivity index (χ2n) is 7.37. The van der Waals surface area contributed by atoms with Gasteiger partial charge < -0.3 is 9.64 Å². The maximum absolute atomic E-state index is 12.5. The number of amides is 1. The highest BCUT2D eigenvalue weighted by Crippen LogP contribution is 2.25. The maximum atomic E-state index is 12.5. The number of halogens is 2. The van der Waals surface area contributed by atoms with Crippen LogP contribution < -0.4 is 4.74 Å². The molecule has 1 heterocycles. The summed E-state index contributed by atoms with van der Waals surface area (Å²) in [6, 6.07) is 12.6. The molecule has 1 N–H and O–H groups in total. The molecule has 1 aliphatic rings. The number of nitrogens with zero attached hydrogens (tertiary/aromatic N) is 2. The van der Waals surface area contributed by atoms with Gasteiger partial charge >= 0.3 is 0 Å². The van der Waals surface area contributed by atoms with Crippen LogP contribution in [0.2, 0.25) is 5.02 Å². The zero-order chi connectivity index (χ0) is 22.4. The van der Waals surface area contributed by atoms with Gasteiger partial charge in [-0.15, -0.1) is 0 Å². The summed E-state index contributed by atoms with van der Waals surface area (Å²) in [5, 5.41) is 0.728. The summed E-state index contributed by atoms with van der Waals surface area (Å²) in [7, 11) is -4.22. The Hall–Kier alpha value is -1.65. The van der Waals surface area contributed by atoms with Crippen molar-refractivity contribution in [1.82, 2.24) is 9.80 Å². The van der Waals surface area contributed by atoms with Crippen molar-refractivity contribution >= 4 is 43.6 Å². The van der Waals surface area contributed by atoms with Crippen molar-refractivity contribution in [3.8, 4) is 5.75 Å². The molecule has 0 radical (unpaired) electrons. The predicted octanol–water partition coefficient (Wildman–Crippen LogP) is 3.26. The van der Waals surface area contributed by atoms with Crippen molar-refractivity contribution in [3.05, 3.63) is 63.1 Å². The lowest BCUT2D eigenvalue weighted by Crippen LogP contribution is -2.50. The van der Waals surface area contributed by atoms with Gasteiger partial charge in [-0.3, -0.25) is 14.2 Å². The van der Waals surface area contributed by atoms with E-state index in [4.69, 9.17) is 20.9 Å². The molecule has 168 valence electrons. The lowest BCUT2D eigenvalue weighted by atomic mass is 10.1. The average molecular weight is 532 g/mol. The molecule has 1 amide bonds. The van der Waals surface area contributed by atoms with Crippen molar-refractivity contribution in [1.29, 1.82) is 0 Å². The van der Waals surface area contributed by atoms with Gasteiger partial charge in [0.25, 0.3) is 16.0 Å². The first-order valence-corrected chi connectivity index (χ1v) is 12.6. The molecule has 0 atom stereocenters. The first-order chi connectivity index (χ1) is 14.7. The normalized spacial score (nSPS) is 15.1. The third kappa shape index (κ3) is 7.76. The van der Waals surface area contributed by atoms with Crippen LogP contribution in [0.15, 0.2) is 46.9 Å². The maximum Gasteiger partial charge on any atom is 0.269 e. The van der Waals surface area contributed by atoms with E-state index in [1.807, 2.05) is 24.3 Å². The van der Waals surface area contributed by atoms with Crippen LogP contribution in [-0.2, 0) is 27.1 Å². The Morgan fingerprint density at radius 1 is 1.10 bits per heavy atom. The van der Waals surface area contributed by atoms with Gasteiger partial charge in [0, 0.05) is 47.8 Å². The largest absolute Gasteiger partial charge is 0.483 e. The second-order valence-corrected chi connectivity index (χ2v) is 10.2. The van der Waals surface area contributed by atoms with Gasteiger partial charge in [0.2, 0.25) is 0 Å². The molecule has 2 aromatic rings. The van der Waals surface area contributed by atoms with Crippen LogP contribution in [-0.4, -0.2) is 68.0 Å². The van der Waals surface area contributed by atoms with Crippen LogP contribution in [0.3, 0.4) is 0 Å². The fourth-order valence-corrected chi connectivity index (χ4v) is 4.54. The standard InChI is InChI=1S/C21H24BrClN2O5S/c22-18-3-6-20(17(13-18)15-31(27,28)29)30-14-21(26)25-11-9-24(10-12-25)8-7-16-1-4-19(23)5-2-16/h1-6,13H,7-12,14-15H2,(H,27,28,29). The molecule has 10 heteroatoms. The van der Waals surface area contributed by atoms with Crippen LogP contribution in [0, 0.1) is 0 Å². The Kier molecular flexibility index (Phi) is 8.35. The molecule has 0 unspecified atom stereocenters. The van der Waals surface area contributed by atoms with E-state index in [1.54, 1.807) is 23.1 Å². The number of benzene rings is 2. The number of rotatable bonds is 8. The van der Waals surface area contributed by atoms with Gasteiger partial charge in [0.15, 0.2) is 6.61 Å². The molecule has 1 saturated heterocycles.